The van der Waals surface area contributed by atoms with Crippen LogP contribution in [-0.2, 0) is 4.74 Å². The van der Waals surface area contributed by atoms with Crippen LogP contribution in [0.1, 0.15) is 13.8 Å². The number of morpholine rings is 1. The van der Waals surface area contributed by atoms with Crippen LogP contribution in [0.15, 0.2) is 29.3 Å². The number of halogens is 1. The van der Waals surface area contributed by atoms with Crippen molar-refractivity contribution in [3.05, 3.63) is 29.3 Å². The molecule has 1 aliphatic heterocycles. The van der Waals surface area contributed by atoms with E-state index in [9.17, 15) is 0 Å². The second-order valence-corrected chi connectivity index (χ2v) is 6.37. The van der Waals surface area contributed by atoms with Crippen molar-refractivity contribution in [2.75, 3.05) is 52.5 Å². The Morgan fingerprint density at radius 1 is 1.32 bits per heavy atom. The Labute approximate surface area is 155 Å². The van der Waals surface area contributed by atoms with Gasteiger partial charge >= 0.3 is 0 Å². The molecule has 0 aliphatic carbocycles. The van der Waals surface area contributed by atoms with Crippen molar-refractivity contribution in [3.63, 3.8) is 0 Å². The highest BCUT2D eigenvalue weighted by Crippen LogP contribution is 2.24. The van der Waals surface area contributed by atoms with E-state index in [4.69, 9.17) is 21.1 Å². The summed E-state index contributed by atoms with van der Waals surface area (Å²) in [5.74, 6) is 1.50. The summed E-state index contributed by atoms with van der Waals surface area (Å²) in [6.07, 6.45) is -0.0606. The number of aliphatic imine (C=N–C) groups is 1. The molecule has 140 valence electrons. The van der Waals surface area contributed by atoms with Gasteiger partial charge < -0.3 is 20.1 Å². The lowest BCUT2D eigenvalue weighted by molar-refractivity contribution is 0.0389. The molecule has 1 aromatic rings. The van der Waals surface area contributed by atoms with Crippen molar-refractivity contribution in [1.82, 2.24) is 15.5 Å². The number of nitrogens with one attached hydrogen (secondary N) is 2. The minimum atomic E-state index is -0.0606. The molecule has 1 fully saturated rings. The second kappa shape index (κ2) is 11.2. The molecule has 0 saturated carbocycles. The number of guanidine groups is 1. The fraction of sp³-hybridized carbons (Fsp3) is 0.611. The summed E-state index contributed by atoms with van der Waals surface area (Å²) >= 11 is 6.12. The van der Waals surface area contributed by atoms with Gasteiger partial charge in [0.05, 0.1) is 24.8 Å². The SMILES string of the molecule is CCNC(=NCC(C)Oc1ccccc1Cl)NCCN1CCOCC1. The second-order valence-electron chi connectivity index (χ2n) is 5.96. The number of hydrogen-bond acceptors (Lipinski definition) is 4. The van der Waals surface area contributed by atoms with E-state index in [1.165, 1.54) is 0 Å². The van der Waals surface area contributed by atoms with E-state index >= 15 is 0 Å². The molecule has 0 aromatic heterocycles. The standard InChI is InChI=1S/C18H29ClN4O2/c1-3-20-18(21-8-9-23-10-12-24-13-11-23)22-14-15(2)25-17-7-5-4-6-16(17)19/h4-7,15H,3,8-14H2,1-2H3,(H2,20,21,22). The van der Waals surface area contributed by atoms with Crippen LogP contribution in [0.2, 0.25) is 5.02 Å². The van der Waals surface area contributed by atoms with Crippen molar-refractivity contribution in [2.45, 2.75) is 20.0 Å². The molecular weight excluding hydrogens is 340 g/mol. The van der Waals surface area contributed by atoms with Crippen molar-refractivity contribution < 1.29 is 9.47 Å². The number of benzene rings is 1. The molecule has 1 unspecified atom stereocenters. The normalized spacial score (nSPS) is 17.2. The summed E-state index contributed by atoms with van der Waals surface area (Å²) in [6.45, 7) is 10.9. The van der Waals surface area contributed by atoms with Gasteiger partial charge in [-0.05, 0) is 26.0 Å². The Morgan fingerprint density at radius 3 is 2.80 bits per heavy atom. The molecule has 6 nitrogen and oxygen atoms in total. The molecule has 0 radical (unpaired) electrons. The van der Waals surface area contributed by atoms with E-state index in [0.29, 0.717) is 17.3 Å². The fourth-order valence-corrected chi connectivity index (χ4v) is 2.69. The number of rotatable bonds is 8. The van der Waals surface area contributed by atoms with Crippen LogP contribution in [0.3, 0.4) is 0 Å². The minimum Gasteiger partial charge on any atom is -0.487 e. The van der Waals surface area contributed by atoms with Gasteiger partial charge in [-0.25, -0.2) is 4.99 Å². The van der Waals surface area contributed by atoms with Crippen LogP contribution >= 0.6 is 11.6 Å². The largest absolute Gasteiger partial charge is 0.487 e. The smallest absolute Gasteiger partial charge is 0.191 e. The maximum Gasteiger partial charge on any atom is 0.191 e. The molecule has 25 heavy (non-hydrogen) atoms. The van der Waals surface area contributed by atoms with Gasteiger partial charge in [0, 0.05) is 32.7 Å². The number of para-hydroxylation sites is 1. The average Bonchev–Trinajstić information content (AvgIpc) is 2.62. The van der Waals surface area contributed by atoms with Crippen molar-refractivity contribution in [3.8, 4) is 5.75 Å². The number of hydrogen-bond donors (Lipinski definition) is 2. The summed E-state index contributed by atoms with van der Waals surface area (Å²) in [5.41, 5.74) is 0. The van der Waals surface area contributed by atoms with Crippen LogP contribution < -0.4 is 15.4 Å². The molecule has 0 spiro atoms. The van der Waals surface area contributed by atoms with Crippen molar-refractivity contribution in [1.29, 1.82) is 0 Å². The van der Waals surface area contributed by atoms with Gasteiger partial charge in [-0.3, -0.25) is 4.90 Å². The summed E-state index contributed by atoms with van der Waals surface area (Å²) in [6, 6.07) is 7.49. The Kier molecular flexibility index (Phi) is 8.86. The predicted molar refractivity (Wildman–Crippen MR) is 103 cm³/mol. The van der Waals surface area contributed by atoms with Gasteiger partial charge in [-0.15, -0.1) is 0 Å². The Morgan fingerprint density at radius 2 is 2.08 bits per heavy atom. The van der Waals surface area contributed by atoms with E-state index in [-0.39, 0.29) is 6.10 Å². The first-order valence-corrected chi connectivity index (χ1v) is 9.30. The van der Waals surface area contributed by atoms with Crippen LogP contribution in [0.25, 0.3) is 0 Å². The quantitative estimate of drug-likeness (QED) is 0.543. The third-order valence-corrected chi connectivity index (χ3v) is 4.15. The van der Waals surface area contributed by atoms with E-state index in [2.05, 4.69) is 27.4 Å². The first-order valence-electron chi connectivity index (χ1n) is 8.92. The number of ether oxygens (including phenoxy) is 2. The molecule has 1 saturated heterocycles. The van der Waals surface area contributed by atoms with Gasteiger partial charge in [0.25, 0.3) is 0 Å². The van der Waals surface area contributed by atoms with Gasteiger partial charge in [-0.1, -0.05) is 23.7 Å². The Hall–Kier alpha value is -1.50. The summed E-state index contributed by atoms with van der Waals surface area (Å²) in [7, 11) is 0. The summed E-state index contributed by atoms with van der Waals surface area (Å²) in [4.78, 5) is 7.00. The van der Waals surface area contributed by atoms with Gasteiger partial charge in [0.2, 0.25) is 0 Å². The lowest BCUT2D eigenvalue weighted by Crippen LogP contribution is -2.44. The van der Waals surface area contributed by atoms with Crippen LogP contribution in [0, 0.1) is 0 Å². The molecule has 2 N–H and O–H groups in total. The van der Waals surface area contributed by atoms with Crippen LogP contribution in [-0.4, -0.2) is 69.4 Å². The van der Waals surface area contributed by atoms with Gasteiger partial charge in [-0.2, -0.15) is 0 Å². The summed E-state index contributed by atoms with van der Waals surface area (Å²) < 4.78 is 11.2. The third-order valence-electron chi connectivity index (χ3n) is 3.84. The highest BCUT2D eigenvalue weighted by Gasteiger charge is 2.10. The molecule has 1 atom stereocenters. The molecule has 0 amide bonds. The maximum atomic E-state index is 6.12. The minimum absolute atomic E-state index is 0.0606. The Bertz CT molecular complexity index is 536. The summed E-state index contributed by atoms with van der Waals surface area (Å²) in [5, 5.41) is 7.26. The van der Waals surface area contributed by atoms with E-state index in [0.717, 1.165) is 51.9 Å². The Balaban J connectivity index is 1.76. The molecular formula is C18H29ClN4O2. The van der Waals surface area contributed by atoms with E-state index in [1.54, 1.807) is 0 Å². The monoisotopic (exact) mass is 368 g/mol. The van der Waals surface area contributed by atoms with Crippen LogP contribution in [0.5, 0.6) is 5.75 Å². The first kappa shape index (κ1) is 19.8. The highest BCUT2D eigenvalue weighted by molar-refractivity contribution is 6.32. The van der Waals surface area contributed by atoms with E-state index in [1.807, 2.05) is 31.2 Å². The zero-order chi connectivity index (χ0) is 17.9. The maximum absolute atomic E-state index is 6.12. The topological polar surface area (TPSA) is 58.1 Å². The third kappa shape index (κ3) is 7.50. The van der Waals surface area contributed by atoms with Crippen molar-refractivity contribution >= 4 is 17.6 Å². The highest BCUT2D eigenvalue weighted by atomic mass is 35.5. The predicted octanol–water partition coefficient (Wildman–Crippen LogP) is 1.99. The lowest BCUT2D eigenvalue weighted by atomic mass is 10.3. The fourth-order valence-electron chi connectivity index (χ4n) is 2.51. The molecule has 1 aromatic carbocycles. The van der Waals surface area contributed by atoms with Crippen molar-refractivity contribution in [2.24, 2.45) is 4.99 Å². The zero-order valence-corrected chi connectivity index (χ0v) is 15.9. The molecule has 2 rings (SSSR count). The average molecular weight is 369 g/mol. The van der Waals surface area contributed by atoms with E-state index < -0.39 is 0 Å². The van der Waals surface area contributed by atoms with Gasteiger partial charge in [0.1, 0.15) is 11.9 Å². The number of nitrogens with zero attached hydrogens (tertiary/aromatic N) is 2. The molecule has 7 heteroatoms. The lowest BCUT2D eigenvalue weighted by Gasteiger charge is -2.26. The molecule has 0 bridgehead atoms. The van der Waals surface area contributed by atoms with Crippen LogP contribution in [0.4, 0.5) is 0 Å². The molecule has 1 heterocycles. The first-order chi connectivity index (χ1) is 12.2. The zero-order valence-electron chi connectivity index (χ0n) is 15.1. The molecule has 1 aliphatic rings. The van der Waals surface area contributed by atoms with Gasteiger partial charge in [0.15, 0.2) is 5.96 Å².